The molecule has 6 heteroatoms. The number of sulfonamides is 1. The minimum atomic E-state index is -3.54. The van der Waals surface area contributed by atoms with Gasteiger partial charge < -0.3 is 4.74 Å². The summed E-state index contributed by atoms with van der Waals surface area (Å²) in [6, 6.07) is 0. The van der Waals surface area contributed by atoms with Crippen LogP contribution >= 0.6 is 0 Å². The highest BCUT2D eigenvalue weighted by Gasteiger charge is 2.14. The second kappa shape index (κ2) is 7.28. The lowest BCUT2D eigenvalue weighted by Gasteiger charge is -2.05. The van der Waals surface area contributed by atoms with Crippen LogP contribution in [0.2, 0.25) is 0 Å². The lowest BCUT2D eigenvalue weighted by molar-refractivity contribution is 0.165. The molecule has 88 valence electrons. The van der Waals surface area contributed by atoms with E-state index in [1.807, 2.05) is 11.6 Å². The number of hydrogen-bond donors (Lipinski definition) is 1. The van der Waals surface area contributed by atoms with Gasteiger partial charge in [0.2, 0.25) is 10.0 Å². The predicted molar refractivity (Wildman–Crippen MR) is 58.0 cm³/mol. The van der Waals surface area contributed by atoms with Crippen LogP contribution in [0, 0.1) is 0 Å². The molecule has 0 spiro atoms. The maximum absolute atomic E-state index is 11.2. The fourth-order valence-corrected chi connectivity index (χ4v) is 1.88. The van der Waals surface area contributed by atoms with Crippen molar-refractivity contribution in [1.29, 1.82) is 0 Å². The van der Waals surface area contributed by atoms with Crippen LogP contribution in [0.15, 0.2) is 12.7 Å². The summed E-state index contributed by atoms with van der Waals surface area (Å²) in [6.07, 6.45) is 2.70. The smallest absolute Gasteiger partial charge is 0.421 e. The number of nitrogens with one attached hydrogen (secondary N) is 1. The molecule has 0 aliphatic carbocycles. The Labute approximate surface area is 90.6 Å². The van der Waals surface area contributed by atoms with Crippen molar-refractivity contribution < 1.29 is 17.9 Å². The first kappa shape index (κ1) is 14.0. The first-order valence-corrected chi connectivity index (χ1v) is 6.45. The molecule has 5 nitrogen and oxygen atoms in total. The fraction of sp³-hybridized carbons (Fsp3) is 0.667. The van der Waals surface area contributed by atoms with Crippen molar-refractivity contribution in [3.63, 3.8) is 0 Å². The molecule has 1 amide bonds. The number of rotatable bonds is 7. The van der Waals surface area contributed by atoms with Crippen molar-refractivity contribution in [3.05, 3.63) is 12.7 Å². The molecule has 0 aromatic carbocycles. The summed E-state index contributed by atoms with van der Waals surface area (Å²) in [4.78, 5) is 10.9. The highest BCUT2D eigenvalue weighted by atomic mass is 32.2. The van der Waals surface area contributed by atoms with E-state index in [-0.39, 0.29) is 12.4 Å². The van der Waals surface area contributed by atoms with Gasteiger partial charge in [0.25, 0.3) is 0 Å². The van der Waals surface area contributed by atoms with E-state index < -0.39 is 16.1 Å². The largest absolute Gasteiger partial charge is 0.445 e. The van der Waals surface area contributed by atoms with E-state index in [1.54, 1.807) is 0 Å². The average Bonchev–Trinajstić information content (AvgIpc) is 2.14. The van der Waals surface area contributed by atoms with Crippen molar-refractivity contribution >= 4 is 16.1 Å². The van der Waals surface area contributed by atoms with Crippen molar-refractivity contribution in [3.8, 4) is 0 Å². The molecule has 0 heterocycles. The number of amides is 1. The molecule has 0 radical (unpaired) electrons. The number of carbonyl (C=O) groups excluding carboxylic acids is 1. The van der Waals surface area contributed by atoms with Gasteiger partial charge in [-0.1, -0.05) is 32.4 Å². The normalized spacial score (nSPS) is 10.7. The summed E-state index contributed by atoms with van der Waals surface area (Å²) in [5, 5.41) is 0. The second-order valence-electron chi connectivity index (χ2n) is 3.02. The minimum Gasteiger partial charge on any atom is -0.445 e. The highest BCUT2D eigenvalue weighted by Crippen LogP contribution is 1.98. The zero-order chi connectivity index (χ0) is 11.7. The summed E-state index contributed by atoms with van der Waals surface area (Å²) in [5.74, 6) is -0.0516. The van der Waals surface area contributed by atoms with E-state index in [0.29, 0.717) is 6.42 Å². The Kier molecular flexibility index (Phi) is 6.77. The molecule has 0 fully saturated rings. The number of carbonyl (C=O) groups is 1. The Hall–Kier alpha value is -1.04. The van der Waals surface area contributed by atoms with Crippen molar-refractivity contribution in [1.82, 2.24) is 4.72 Å². The average molecular weight is 235 g/mol. The molecular formula is C9H17NO4S. The Morgan fingerprint density at radius 3 is 2.67 bits per heavy atom. The van der Waals surface area contributed by atoms with Gasteiger partial charge in [0.1, 0.15) is 6.61 Å². The standard InChI is InChI=1S/C9H17NO4S/c1-3-5-6-8-15(12,13)10-9(11)14-7-4-2/h4H,2-3,5-8H2,1H3,(H,10,11). The van der Waals surface area contributed by atoms with Crippen LogP contribution in [0.3, 0.4) is 0 Å². The Balaban J connectivity index is 3.91. The van der Waals surface area contributed by atoms with Gasteiger partial charge in [-0.15, -0.1) is 0 Å². The molecule has 0 saturated heterocycles. The van der Waals surface area contributed by atoms with Crippen molar-refractivity contribution in [2.75, 3.05) is 12.4 Å². The van der Waals surface area contributed by atoms with Crippen molar-refractivity contribution in [2.24, 2.45) is 0 Å². The van der Waals surface area contributed by atoms with Gasteiger partial charge in [-0.25, -0.2) is 17.9 Å². The predicted octanol–water partition coefficient (Wildman–Crippen LogP) is 1.42. The zero-order valence-electron chi connectivity index (χ0n) is 8.86. The van der Waals surface area contributed by atoms with Gasteiger partial charge in [0.15, 0.2) is 0 Å². The fourth-order valence-electron chi connectivity index (χ4n) is 0.884. The highest BCUT2D eigenvalue weighted by molar-refractivity contribution is 7.90. The summed E-state index contributed by atoms with van der Waals surface area (Å²) in [5.41, 5.74) is 0. The van der Waals surface area contributed by atoms with Gasteiger partial charge in [-0.3, -0.25) is 0 Å². The van der Waals surface area contributed by atoms with E-state index >= 15 is 0 Å². The maximum atomic E-state index is 11.2. The van der Waals surface area contributed by atoms with Gasteiger partial charge in [0.05, 0.1) is 5.75 Å². The monoisotopic (exact) mass is 235 g/mol. The molecule has 0 rings (SSSR count). The first-order chi connectivity index (χ1) is 7.02. The first-order valence-electron chi connectivity index (χ1n) is 4.80. The van der Waals surface area contributed by atoms with Crippen LogP contribution in [0.5, 0.6) is 0 Å². The van der Waals surface area contributed by atoms with Gasteiger partial charge in [-0.2, -0.15) is 0 Å². The van der Waals surface area contributed by atoms with Crippen LogP contribution < -0.4 is 4.72 Å². The summed E-state index contributed by atoms with van der Waals surface area (Å²) in [6.45, 7) is 5.30. The Morgan fingerprint density at radius 2 is 2.13 bits per heavy atom. The summed E-state index contributed by atoms with van der Waals surface area (Å²) >= 11 is 0. The molecular weight excluding hydrogens is 218 g/mol. The van der Waals surface area contributed by atoms with Gasteiger partial charge in [0, 0.05) is 0 Å². The summed E-state index contributed by atoms with van der Waals surface area (Å²) < 4.78 is 28.8. The lowest BCUT2D eigenvalue weighted by Crippen LogP contribution is -2.33. The van der Waals surface area contributed by atoms with E-state index in [1.165, 1.54) is 6.08 Å². The number of ether oxygens (including phenoxy) is 1. The van der Waals surface area contributed by atoms with E-state index in [9.17, 15) is 13.2 Å². The third-order valence-corrected chi connectivity index (χ3v) is 2.89. The molecule has 0 bridgehead atoms. The maximum Gasteiger partial charge on any atom is 0.421 e. The van der Waals surface area contributed by atoms with Crippen LogP contribution in [-0.2, 0) is 14.8 Å². The molecule has 0 atom stereocenters. The molecule has 0 saturated carbocycles. The minimum absolute atomic E-state index is 0.00366. The molecule has 0 unspecified atom stereocenters. The Morgan fingerprint density at radius 1 is 1.47 bits per heavy atom. The lowest BCUT2D eigenvalue weighted by atomic mass is 10.3. The molecule has 0 aromatic heterocycles. The zero-order valence-corrected chi connectivity index (χ0v) is 9.68. The molecule has 1 N–H and O–H groups in total. The van der Waals surface area contributed by atoms with E-state index in [0.717, 1.165) is 12.8 Å². The van der Waals surface area contributed by atoms with Crippen LogP contribution in [-0.4, -0.2) is 26.9 Å². The third kappa shape index (κ3) is 7.99. The van der Waals surface area contributed by atoms with E-state index in [4.69, 9.17) is 0 Å². The summed E-state index contributed by atoms with van der Waals surface area (Å²) in [7, 11) is -3.54. The van der Waals surface area contributed by atoms with Gasteiger partial charge in [-0.05, 0) is 6.42 Å². The molecule has 15 heavy (non-hydrogen) atoms. The Bertz CT molecular complexity index is 297. The van der Waals surface area contributed by atoms with Gasteiger partial charge >= 0.3 is 6.09 Å². The molecule has 0 aliphatic rings. The molecule has 0 aromatic rings. The molecule has 0 aliphatic heterocycles. The van der Waals surface area contributed by atoms with Crippen LogP contribution in [0.4, 0.5) is 4.79 Å². The van der Waals surface area contributed by atoms with Crippen molar-refractivity contribution in [2.45, 2.75) is 26.2 Å². The topological polar surface area (TPSA) is 72.5 Å². The third-order valence-electron chi connectivity index (χ3n) is 1.59. The second-order valence-corrected chi connectivity index (χ2v) is 4.86. The van der Waals surface area contributed by atoms with Crippen LogP contribution in [0.25, 0.3) is 0 Å². The number of hydrogen-bond acceptors (Lipinski definition) is 4. The van der Waals surface area contributed by atoms with Crippen LogP contribution in [0.1, 0.15) is 26.2 Å². The quantitative estimate of drug-likeness (QED) is 0.535. The number of unbranched alkanes of at least 4 members (excludes halogenated alkanes) is 2. The SMILES string of the molecule is C=CCOC(=O)NS(=O)(=O)CCCCC. The van der Waals surface area contributed by atoms with E-state index in [2.05, 4.69) is 11.3 Å².